The number of alkyl halides is 2. The molecule has 0 atom stereocenters. The molecule has 1 aromatic rings. The second kappa shape index (κ2) is 7.26. The molecule has 114 valence electrons. The summed E-state index contributed by atoms with van der Waals surface area (Å²) < 4.78 is 62.9. The van der Waals surface area contributed by atoms with Crippen LogP contribution in [0.3, 0.4) is 0 Å². The van der Waals surface area contributed by atoms with E-state index in [1.807, 2.05) is 6.92 Å². The van der Waals surface area contributed by atoms with Crippen molar-refractivity contribution in [3.63, 3.8) is 0 Å². The van der Waals surface area contributed by atoms with E-state index in [-0.39, 0.29) is 17.1 Å². The number of rotatable bonds is 7. The lowest BCUT2D eigenvalue weighted by Crippen LogP contribution is -2.29. The van der Waals surface area contributed by atoms with Crippen molar-refractivity contribution in [1.82, 2.24) is 10.0 Å². The fourth-order valence-corrected chi connectivity index (χ4v) is 2.66. The Hall–Kier alpha value is -0.830. The Morgan fingerprint density at radius 1 is 1.35 bits per heavy atom. The number of hydrogen-bond donors (Lipinski definition) is 2. The van der Waals surface area contributed by atoms with Crippen LogP contribution in [0.4, 0.5) is 13.2 Å². The highest BCUT2D eigenvalue weighted by atomic mass is 35.5. The molecule has 0 spiro atoms. The lowest BCUT2D eigenvalue weighted by atomic mass is 10.2. The van der Waals surface area contributed by atoms with Crippen molar-refractivity contribution in [2.75, 3.05) is 13.1 Å². The molecule has 9 heteroatoms. The molecule has 0 bridgehead atoms. The minimum Gasteiger partial charge on any atom is -0.313 e. The lowest BCUT2D eigenvalue weighted by molar-refractivity contribution is 0.153. The molecular weight excluding hydrogens is 317 g/mol. The summed E-state index contributed by atoms with van der Waals surface area (Å²) in [6.45, 7) is 1.53. The Kier molecular flexibility index (Phi) is 6.25. The summed E-state index contributed by atoms with van der Waals surface area (Å²) in [4.78, 5) is -0.437. The lowest BCUT2D eigenvalue weighted by Gasteiger charge is -2.11. The fourth-order valence-electron chi connectivity index (χ4n) is 1.42. The Morgan fingerprint density at radius 3 is 2.55 bits per heavy atom. The normalized spacial score (nSPS) is 12.1. The molecular formula is C11H14ClF3N2O2S. The fraction of sp³-hybridized carbons (Fsp3) is 0.455. The molecule has 0 fully saturated rings. The zero-order valence-electron chi connectivity index (χ0n) is 10.6. The van der Waals surface area contributed by atoms with Gasteiger partial charge in [0.25, 0.3) is 6.43 Å². The first-order chi connectivity index (χ1) is 9.27. The minimum absolute atomic E-state index is 0.171. The van der Waals surface area contributed by atoms with Crippen LogP contribution in [0, 0.1) is 5.82 Å². The van der Waals surface area contributed by atoms with Gasteiger partial charge in [-0.3, -0.25) is 0 Å². The molecule has 0 unspecified atom stereocenters. The number of nitrogens with one attached hydrogen (secondary N) is 2. The van der Waals surface area contributed by atoms with Gasteiger partial charge in [0.15, 0.2) is 0 Å². The van der Waals surface area contributed by atoms with Crippen molar-refractivity contribution >= 4 is 21.6 Å². The van der Waals surface area contributed by atoms with Crippen molar-refractivity contribution in [3.8, 4) is 0 Å². The van der Waals surface area contributed by atoms with Gasteiger partial charge in [-0.15, -0.1) is 0 Å². The number of halogens is 4. The molecule has 0 aliphatic carbocycles. The van der Waals surface area contributed by atoms with Gasteiger partial charge in [0.1, 0.15) is 5.82 Å². The summed E-state index contributed by atoms with van der Waals surface area (Å²) >= 11 is 5.73. The third-order valence-corrected chi connectivity index (χ3v) is 4.21. The maximum atomic E-state index is 13.6. The van der Waals surface area contributed by atoms with E-state index in [1.54, 1.807) is 4.72 Å². The van der Waals surface area contributed by atoms with Crippen molar-refractivity contribution in [2.45, 2.75) is 24.8 Å². The van der Waals surface area contributed by atoms with E-state index in [0.29, 0.717) is 12.6 Å². The monoisotopic (exact) mass is 330 g/mol. The van der Waals surface area contributed by atoms with E-state index >= 15 is 0 Å². The van der Waals surface area contributed by atoms with E-state index < -0.39 is 33.7 Å². The molecule has 1 aromatic carbocycles. The van der Waals surface area contributed by atoms with Gasteiger partial charge in [-0.1, -0.05) is 18.5 Å². The zero-order chi connectivity index (χ0) is 15.3. The third-order valence-electron chi connectivity index (χ3n) is 2.38. The number of benzene rings is 1. The first-order valence-electron chi connectivity index (χ1n) is 5.74. The van der Waals surface area contributed by atoms with Crippen molar-refractivity contribution < 1.29 is 21.6 Å². The Bertz CT molecular complexity index is 567. The van der Waals surface area contributed by atoms with Gasteiger partial charge in [-0.25, -0.2) is 26.3 Å². The highest BCUT2D eigenvalue weighted by Crippen LogP contribution is 2.24. The van der Waals surface area contributed by atoms with Crippen LogP contribution in [0.1, 0.15) is 12.5 Å². The van der Waals surface area contributed by atoms with Crippen LogP contribution in [0.2, 0.25) is 5.02 Å². The maximum absolute atomic E-state index is 13.6. The van der Waals surface area contributed by atoms with Gasteiger partial charge in [-0.05, 0) is 24.2 Å². The molecule has 0 aliphatic heterocycles. The summed E-state index contributed by atoms with van der Waals surface area (Å²) in [5, 5.41) is 2.68. The SMILES string of the molecule is CCNCc1cc(S(=O)(=O)NCC(F)F)cc(F)c1Cl. The summed E-state index contributed by atoms with van der Waals surface area (Å²) in [5.74, 6) is -0.917. The standard InChI is InChI=1S/C11H14ClF3N2O2S/c1-2-16-5-7-3-8(4-9(13)11(7)12)20(18,19)17-6-10(14)15/h3-4,10,16-17H,2,5-6H2,1H3. The van der Waals surface area contributed by atoms with Crippen molar-refractivity contribution in [3.05, 3.63) is 28.5 Å². The molecule has 0 radical (unpaired) electrons. The highest BCUT2D eigenvalue weighted by molar-refractivity contribution is 7.89. The third kappa shape index (κ3) is 4.62. The van der Waals surface area contributed by atoms with Gasteiger partial charge >= 0.3 is 0 Å². The van der Waals surface area contributed by atoms with Crippen LogP contribution < -0.4 is 10.0 Å². The molecule has 2 N–H and O–H groups in total. The smallest absolute Gasteiger partial charge is 0.251 e. The molecule has 4 nitrogen and oxygen atoms in total. The maximum Gasteiger partial charge on any atom is 0.251 e. The molecule has 0 aliphatic rings. The van der Waals surface area contributed by atoms with Crippen molar-refractivity contribution in [1.29, 1.82) is 0 Å². The quantitative estimate of drug-likeness (QED) is 0.805. The zero-order valence-corrected chi connectivity index (χ0v) is 12.2. The van der Waals surface area contributed by atoms with E-state index in [1.165, 1.54) is 0 Å². The molecule has 0 heterocycles. The van der Waals surface area contributed by atoms with E-state index in [9.17, 15) is 21.6 Å². The molecule has 1 rings (SSSR count). The van der Waals surface area contributed by atoms with Crippen LogP contribution in [0.25, 0.3) is 0 Å². The highest BCUT2D eigenvalue weighted by Gasteiger charge is 2.20. The van der Waals surface area contributed by atoms with Gasteiger partial charge in [0.05, 0.1) is 16.5 Å². The van der Waals surface area contributed by atoms with E-state index in [4.69, 9.17) is 11.6 Å². The average molecular weight is 331 g/mol. The topological polar surface area (TPSA) is 58.2 Å². The summed E-state index contributed by atoms with van der Waals surface area (Å²) in [6, 6.07) is 1.85. The largest absolute Gasteiger partial charge is 0.313 e. The van der Waals surface area contributed by atoms with E-state index in [0.717, 1.165) is 6.07 Å². The van der Waals surface area contributed by atoms with Crippen LogP contribution >= 0.6 is 11.6 Å². The van der Waals surface area contributed by atoms with Gasteiger partial charge in [0.2, 0.25) is 10.0 Å². The predicted octanol–water partition coefficient (Wildman–Crippen LogP) is 2.13. The molecule has 0 saturated heterocycles. The molecule has 0 aromatic heterocycles. The summed E-state index contributed by atoms with van der Waals surface area (Å²) in [5.41, 5.74) is 0.242. The molecule has 20 heavy (non-hydrogen) atoms. The average Bonchev–Trinajstić information content (AvgIpc) is 2.38. The van der Waals surface area contributed by atoms with Gasteiger partial charge in [-0.2, -0.15) is 0 Å². The first kappa shape index (κ1) is 17.2. The minimum atomic E-state index is -4.20. The Balaban J connectivity index is 3.09. The van der Waals surface area contributed by atoms with Crippen LogP contribution in [-0.4, -0.2) is 27.9 Å². The van der Waals surface area contributed by atoms with Gasteiger partial charge in [0, 0.05) is 6.54 Å². The molecule has 0 saturated carbocycles. The number of hydrogen-bond acceptors (Lipinski definition) is 3. The van der Waals surface area contributed by atoms with Crippen LogP contribution in [-0.2, 0) is 16.6 Å². The summed E-state index contributed by atoms with van der Waals surface area (Å²) in [6.07, 6.45) is -2.83. The second-order valence-corrected chi connectivity index (χ2v) is 6.05. The van der Waals surface area contributed by atoms with Crippen LogP contribution in [0.5, 0.6) is 0 Å². The van der Waals surface area contributed by atoms with Crippen molar-refractivity contribution in [2.24, 2.45) is 0 Å². The van der Waals surface area contributed by atoms with E-state index in [2.05, 4.69) is 5.32 Å². The Morgan fingerprint density at radius 2 is 2.00 bits per heavy atom. The second-order valence-electron chi connectivity index (χ2n) is 3.90. The first-order valence-corrected chi connectivity index (χ1v) is 7.60. The number of sulfonamides is 1. The predicted molar refractivity (Wildman–Crippen MR) is 70.0 cm³/mol. The van der Waals surface area contributed by atoms with Crippen LogP contribution in [0.15, 0.2) is 17.0 Å². The molecule has 0 amide bonds. The Labute approximate surface area is 120 Å². The van der Waals surface area contributed by atoms with Gasteiger partial charge < -0.3 is 5.32 Å². The summed E-state index contributed by atoms with van der Waals surface area (Å²) in [7, 11) is -4.20.